The van der Waals surface area contributed by atoms with E-state index in [2.05, 4.69) is 5.32 Å². The molecule has 0 bridgehead atoms. The summed E-state index contributed by atoms with van der Waals surface area (Å²) in [5, 5.41) is 2.65. The van der Waals surface area contributed by atoms with Crippen molar-refractivity contribution in [1.29, 1.82) is 0 Å². The third-order valence-corrected chi connectivity index (χ3v) is 3.46. The van der Waals surface area contributed by atoms with E-state index in [0.29, 0.717) is 13.1 Å². The van der Waals surface area contributed by atoms with Gasteiger partial charge < -0.3 is 15.1 Å². The zero-order valence-electron chi connectivity index (χ0n) is 14.2. The van der Waals surface area contributed by atoms with Crippen molar-refractivity contribution < 1.29 is 14.4 Å². The largest absolute Gasteiger partial charge is 0.347 e. The normalized spacial score (nSPS) is 11.5. The van der Waals surface area contributed by atoms with Crippen LogP contribution in [0.25, 0.3) is 0 Å². The number of carbonyl (C=O) groups is 3. The third-order valence-electron chi connectivity index (χ3n) is 3.46. The van der Waals surface area contributed by atoms with Crippen molar-refractivity contribution in [1.82, 2.24) is 15.1 Å². The van der Waals surface area contributed by atoms with E-state index in [-0.39, 0.29) is 24.1 Å². The molecule has 0 aliphatic carbocycles. The van der Waals surface area contributed by atoms with E-state index in [4.69, 9.17) is 0 Å². The second kappa shape index (κ2) is 8.92. The molecule has 1 atom stereocenters. The first kappa shape index (κ1) is 18.7. The van der Waals surface area contributed by atoms with Gasteiger partial charge in [-0.2, -0.15) is 0 Å². The van der Waals surface area contributed by atoms with Crippen molar-refractivity contribution >= 4 is 17.7 Å². The van der Waals surface area contributed by atoms with Crippen LogP contribution in [0.5, 0.6) is 0 Å². The van der Waals surface area contributed by atoms with Crippen LogP contribution < -0.4 is 5.32 Å². The Bertz CT molecular complexity index is 543. The van der Waals surface area contributed by atoms with Crippen LogP contribution in [0.3, 0.4) is 0 Å². The predicted octanol–water partition coefficient (Wildman–Crippen LogP) is 1.02. The topological polar surface area (TPSA) is 69.7 Å². The van der Waals surface area contributed by atoms with Gasteiger partial charge in [-0.15, -0.1) is 0 Å². The molecule has 1 aromatic rings. The van der Waals surface area contributed by atoms with Crippen molar-refractivity contribution in [3.05, 3.63) is 35.9 Å². The zero-order chi connectivity index (χ0) is 17.4. The summed E-state index contributed by atoms with van der Waals surface area (Å²) < 4.78 is 0. The molecule has 0 saturated carbocycles. The Morgan fingerprint density at radius 3 is 2.26 bits per heavy atom. The minimum absolute atomic E-state index is 0.0842. The monoisotopic (exact) mass is 319 g/mol. The Balaban J connectivity index is 2.50. The highest BCUT2D eigenvalue weighted by molar-refractivity contribution is 5.87. The highest BCUT2D eigenvalue weighted by Crippen LogP contribution is 2.05. The van der Waals surface area contributed by atoms with Gasteiger partial charge in [0.1, 0.15) is 6.04 Å². The lowest BCUT2D eigenvalue weighted by molar-refractivity contribution is -0.134. The fourth-order valence-corrected chi connectivity index (χ4v) is 2.15. The van der Waals surface area contributed by atoms with Gasteiger partial charge >= 0.3 is 0 Å². The highest BCUT2D eigenvalue weighted by Gasteiger charge is 2.18. The number of rotatable bonds is 7. The Morgan fingerprint density at radius 2 is 1.74 bits per heavy atom. The van der Waals surface area contributed by atoms with E-state index >= 15 is 0 Å². The average Bonchev–Trinajstić information content (AvgIpc) is 2.51. The maximum absolute atomic E-state index is 11.9. The summed E-state index contributed by atoms with van der Waals surface area (Å²) in [5.41, 5.74) is 1.01. The third kappa shape index (κ3) is 6.50. The summed E-state index contributed by atoms with van der Waals surface area (Å²) in [5.74, 6) is -0.489. The van der Waals surface area contributed by atoms with Gasteiger partial charge in [0.05, 0.1) is 0 Å². The van der Waals surface area contributed by atoms with Gasteiger partial charge in [0.25, 0.3) is 0 Å². The first-order valence-electron chi connectivity index (χ1n) is 7.61. The van der Waals surface area contributed by atoms with E-state index in [1.807, 2.05) is 30.3 Å². The van der Waals surface area contributed by atoms with E-state index in [1.54, 1.807) is 25.9 Å². The molecule has 6 heteroatoms. The SMILES string of the molecule is CC(=O)N(CCC(=O)NC(C)C(=O)N(C)C)Cc1ccccc1. The number of hydrogen-bond acceptors (Lipinski definition) is 3. The summed E-state index contributed by atoms with van der Waals surface area (Å²) >= 11 is 0. The molecule has 0 saturated heterocycles. The predicted molar refractivity (Wildman–Crippen MR) is 88.4 cm³/mol. The van der Waals surface area contributed by atoms with Crippen molar-refractivity contribution in [3.63, 3.8) is 0 Å². The fraction of sp³-hybridized carbons (Fsp3) is 0.471. The summed E-state index contributed by atoms with van der Waals surface area (Å²) in [7, 11) is 3.28. The van der Waals surface area contributed by atoms with Gasteiger partial charge in [0, 0.05) is 40.5 Å². The molecule has 0 fully saturated rings. The molecular formula is C17H25N3O3. The summed E-state index contributed by atoms with van der Waals surface area (Å²) in [6.45, 7) is 3.92. The van der Waals surface area contributed by atoms with Crippen LogP contribution in [0.15, 0.2) is 30.3 Å². The van der Waals surface area contributed by atoms with E-state index in [0.717, 1.165) is 5.56 Å². The van der Waals surface area contributed by atoms with Crippen LogP contribution in [-0.2, 0) is 20.9 Å². The molecule has 1 aromatic carbocycles. The fourth-order valence-electron chi connectivity index (χ4n) is 2.15. The van der Waals surface area contributed by atoms with Gasteiger partial charge in [-0.25, -0.2) is 0 Å². The van der Waals surface area contributed by atoms with Crippen LogP contribution >= 0.6 is 0 Å². The first-order valence-corrected chi connectivity index (χ1v) is 7.61. The van der Waals surface area contributed by atoms with Crippen molar-refractivity contribution in [2.45, 2.75) is 32.9 Å². The van der Waals surface area contributed by atoms with Crippen LogP contribution in [0.2, 0.25) is 0 Å². The van der Waals surface area contributed by atoms with Gasteiger partial charge in [-0.3, -0.25) is 14.4 Å². The maximum Gasteiger partial charge on any atom is 0.244 e. The Morgan fingerprint density at radius 1 is 1.13 bits per heavy atom. The Labute approximate surface area is 137 Å². The van der Waals surface area contributed by atoms with E-state index < -0.39 is 6.04 Å². The molecule has 0 radical (unpaired) electrons. The number of amides is 3. The number of hydrogen-bond donors (Lipinski definition) is 1. The number of nitrogens with one attached hydrogen (secondary N) is 1. The van der Waals surface area contributed by atoms with Crippen LogP contribution in [-0.4, -0.2) is 54.2 Å². The maximum atomic E-state index is 11.9. The van der Waals surface area contributed by atoms with Gasteiger partial charge in [0.15, 0.2) is 0 Å². The number of nitrogens with zero attached hydrogens (tertiary/aromatic N) is 2. The summed E-state index contributed by atoms with van der Waals surface area (Å²) in [6, 6.07) is 9.04. The van der Waals surface area contributed by atoms with Crippen LogP contribution in [0, 0.1) is 0 Å². The van der Waals surface area contributed by atoms with Crippen LogP contribution in [0.1, 0.15) is 25.8 Å². The summed E-state index contributed by atoms with van der Waals surface area (Å²) in [6.07, 6.45) is 0.164. The zero-order valence-corrected chi connectivity index (χ0v) is 14.2. The quantitative estimate of drug-likeness (QED) is 0.816. The minimum atomic E-state index is -0.572. The van der Waals surface area contributed by atoms with Crippen molar-refractivity contribution in [2.24, 2.45) is 0 Å². The molecule has 0 heterocycles. The van der Waals surface area contributed by atoms with Crippen molar-refractivity contribution in [3.8, 4) is 0 Å². The van der Waals surface area contributed by atoms with Crippen molar-refractivity contribution in [2.75, 3.05) is 20.6 Å². The molecule has 0 aromatic heterocycles. The molecule has 1 unspecified atom stereocenters. The minimum Gasteiger partial charge on any atom is -0.347 e. The van der Waals surface area contributed by atoms with E-state index in [9.17, 15) is 14.4 Å². The highest BCUT2D eigenvalue weighted by atomic mass is 16.2. The van der Waals surface area contributed by atoms with Crippen LogP contribution in [0.4, 0.5) is 0 Å². The number of likely N-dealkylation sites (N-methyl/N-ethyl adjacent to an activating group) is 1. The van der Waals surface area contributed by atoms with Gasteiger partial charge in [-0.1, -0.05) is 30.3 Å². The molecule has 0 spiro atoms. The molecule has 1 rings (SSSR count). The smallest absolute Gasteiger partial charge is 0.244 e. The number of benzene rings is 1. The molecule has 0 aliphatic rings. The van der Waals surface area contributed by atoms with E-state index in [1.165, 1.54) is 11.8 Å². The lowest BCUT2D eigenvalue weighted by Gasteiger charge is -2.22. The Hall–Kier alpha value is -2.37. The molecule has 1 N–H and O–H groups in total. The molecule has 0 aliphatic heterocycles. The molecule has 3 amide bonds. The lowest BCUT2D eigenvalue weighted by Crippen LogP contribution is -2.45. The molecular weight excluding hydrogens is 294 g/mol. The molecule has 126 valence electrons. The molecule has 23 heavy (non-hydrogen) atoms. The number of carbonyl (C=O) groups excluding carboxylic acids is 3. The summed E-state index contributed by atoms with van der Waals surface area (Å²) in [4.78, 5) is 38.4. The average molecular weight is 319 g/mol. The second-order valence-electron chi connectivity index (χ2n) is 5.70. The Kier molecular flexibility index (Phi) is 7.25. The first-order chi connectivity index (χ1) is 10.8. The lowest BCUT2D eigenvalue weighted by atomic mass is 10.2. The van der Waals surface area contributed by atoms with Gasteiger partial charge in [-0.05, 0) is 12.5 Å². The van der Waals surface area contributed by atoms with Gasteiger partial charge in [0.2, 0.25) is 17.7 Å². The second-order valence-corrected chi connectivity index (χ2v) is 5.70. The molecule has 6 nitrogen and oxygen atoms in total. The standard InChI is InChI=1S/C17H25N3O3/c1-13(17(23)19(3)4)18-16(22)10-11-20(14(2)21)12-15-8-6-5-7-9-15/h5-9,13H,10-12H2,1-4H3,(H,18,22).